The first-order valence-electron chi connectivity index (χ1n) is 6.51. The van der Waals surface area contributed by atoms with E-state index in [1.165, 1.54) is 0 Å². The fourth-order valence-electron chi connectivity index (χ4n) is 1.92. The van der Waals surface area contributed by atoms with Crippen molar-refractivity contribution in [2.45, 2.75) is 33.6 Å². The van der Waals surface area contributed by atoms with E-state index in [9.17, 15) is 4.79 Å². The Labute approximate surface area is 113 Å². The zero-order chi connectivity index (χ0) is 13.9. The molecule has 0 atom stereocenters. The van der Waals surface area contributed by atoms with E-state index in [1.807, 2.05) is 28.8 Å². The minimum atomic E-state index is 0.0195. The van der Waals surface area contributed by atoms with Crippen molar-refractivity contribution in [2.75, 3.05) is 6.54 Å². The average Bonchev–Trinajstić information content (AvgIpc) is 2.70. The molecule has 2 rings (SSSR count). The number of aromatic nitrogens is 3. The molecule has 0 aliphatic rings. The fourth-order valence-corrected chi connectivity index (χ4v) is 1.92. The van der Waals surface area contributed by atoms with Gasteiger partial charge in [-0.2, -0.15) is 0 Å². The molecule has 0 aliphatic carbocycles. The third kappa shape index (κ3) is 3.77. The van der Waals surface area contributed by atoms with Crippen LogP contribution in [0.2, 0.25) is 0 Å². The molecule has 0 radical (unpaired) electrons. The standard InChI is InChI=1S/C14H20N4O/c1-14(2,3)10-13(19)15-8-7-12-17-16-11-6-4-5-9-18(11)12/h4-6,9H,7-8,10H2,1-3H3,(H,15,19). The molecule has 1 N–H and O–H groups in total. The van der Waals surface area contributed by atoms with Crippen LogP contribution in [-0.4, -0.2) is 27.0 Å². The molecule has 102 valence electrons. The molecule has 0 saturated heterocycles. The summed E-state index contributed by atoms with van der Waals surface area (Å²) in [6, 6.07) is 5.78. The quantitative estimate of drug-likeness (QED) is 0.912. The highest BCUT2D eigenvalue weighted by Gasteiger charge is 2.15. The number of hydrogen-bond donors (Lipinski definition) is 1. The normalized spacial score (nSPS) is 11.7. The van der Waals surface area contributed by atoms with E-state index in [1.54, 1.807) is 0 Å². The van der Waals surface area contributed by atoms with Gasteiger partial charge in [0.15, 0.2) is 5.65 Å². The maximum atomic E-state index is 11.7. The third-order valence-electron chi connectivity index (χ3n) is 2.75. The van der Waals surface area contributed by atoms with E-state index in [2.05, 4.69) is 36.3 Å². The molecule has 0 saturated carbocycles. The van der Waals surface area contributed by atoms with Crippen molar-refractivity contribution in [3.05, 3.63) is 30.2 Å². The largest absolute Gasteiger partial charge is 0.356 e. The molecule has 0 aromatic carbocycles. The SMILES string of the molecule is CC(C)(C)CC(=O)NCCc1nnc2ccccn12. The van der Waals surface area contributed by atoms with Crippen molar-refractivity contribution < 1.29 is 4.79 Å². The predicted molar refractivity (Wildman–Crippen MR) is 73.8 cm³/mol. The first-order valence-corrected chi connectivity index (χ1v) is 6.51. The van der Waals surface area contributed by atoms with Crippen LogP contribution in [-0.2, 0) is 11.2 Å². The van der Waals surface area contributed by atoms with Crippen LogP contribution in [0.1, 0.15) is 33.0 Å². The van der Waals surface area contributed by atoms with Crippen LogP contribution in [0, 0.1) is 5.41 Å². The Morgan fingerprint density at radius 2 is 2.11 bits per heavy atom. The van der Waals surface area contributed by atoms with Gasteiger partial charge in [-0.1, -0.05) is 26.8 Å². The molecule has 0 spiro atoms. The third-order valence-corrected chi connectivity index (χ3v) is 2.75. The Hall–Kier alpha value is -1.91. The number of nitrogens with one attached hydrogen (secondary N) is 1. The second kappa shape index (κ2) is 5.38. The highest BCUT2D eigenvalue weighted by atomic mass is 16.1. The lowest BCUT2D eigenvalue weighted by Crippen LogP contribution is -2.29. The Morgan fingerprint density at radius 1 is 1.32 bits per heavy atom. The van der Waals surface area contributed by atoms with Crippen LogP contribution in [0.15, 0.2) is 24.4 Å². The minimum absolute atomic E-state index is 0.0195. The fraction of sp³-hybridized carbons (Fsp3) is 0.500. The summed E-state index contributed by atoms with van der Waals surface area (Å²) >= 11 is 0. The summed E-state index contributed by atoms with van der Waals surface area (Å²) in [5.41, 5.74) is 0.851. The summed E-state index contributed by atoms with van der Waals surface area (Å²) in [5.74, 6) is 0.952. The van der Waals surface area contributed by atoms with Crippen LogP contribution in [0.25, 0.3) is 5.65 Å². The summed E-state index contributed by atoms with van der Waals surface area (Å²) in [6.07, 6.45) is 3.15. The van der Waals surface area contributed by atoms with E-state index in [-0.39, 0.29) is 11.3 Å². The maximum absolute atomic E-state index is 11.7. The van der Waals surface area contributed by atoms with Gasteiger partial charge in [-0.25, -0.2) is 0 Å². The highest BCUT2D eigenvalue weighted by molar-refractivity contribution is 5.76. The smallest absolute Gasteiger partial charge is 0.220 e. The zero-order valence-corrected chi connectivity index (χ0v) is 11.7. The van der Waals surface area contributed by atoms with Gasteiger partial charge in [0, 0.05) is 25.6 Å². The van der Waals surface area contributed by atoms with Crippen molar-refractivity contribution >= 4 is 11.6 Å². The molecule has 1 amide bonds. The van der Waals surface area contributed by atoms with Gasteiger partial charge in [0.2, 0.25) is 5.91 Å². The average molecular weight is 260 g/mol. The molecule has 5 nitrogen and oxygen atoms in total. The summed E-state index contributed by atoms with van der Waals surface area (Å²) < 4.78 is 1.94. The summed E-state index contributed by atoms with van der Waals surface area (Å²) in [6.45, 7) is 6.75. The Morgan fingerprint density at radius 3 is 2.84 bits per heavy atom. The Balaban J connectivity index is 1.88. The van der Waals surface area contributed by atoms with Crippen molar-refractivity contribution in [1.29, 1.82) is 0 Å². The van der Waals surface area contributed by atoms with E-state index < -0.39 is 0 Å². The lowest BCUT2D eigenvalue weighted by Gasteiger charge is -2.17. The number of pyridine rings is 1. The summed E-state index contributed by atoms with van der Waals surface area (Å²) in [5, 5.41) is 11.1. The Bertz CT molecular complexity index is 568. The van der Waals surface area contributed by atoms with Gasteiger partial charge in [-0.15, -0.1) is 10.2 Å². The number of carbonyl (C=O) groups excluding carboxylic acids is 1. The maximum Gasteiger partial charge on any atom is 0.220 e. The molecule has 0 bridgehead atoms. The van der Waals surface area contributed by atoms with E-state index in [0.717, 1.165) is 11.5 Å². The van der Waals surface area contributed by atoms with Gasteiger partial charge in [-0.05, 0) is 17.5 Å². The lowest BCUT2D eigenvalue weighted by atomic mass is 9.92. The second-order valence-electron chi connectivity index (χ2n) is 5.88. The number of amides is 1. The lowest BCUT2D eigenvalue weighted by molar-refractivity contribution is -0.122. The van der Waals surface area contributed by atoms with Crippen LogP contribution in [0.3, 0.4) is 0 Å². The van der Waals surface area contributed by atoms with Gasteiger partial charge >= 0.3 is 0 Å². The van der Waals surface area contributed by atoms with Crippen molar-refractivity contribution in [1.82, 2.24) is 19.9 Å². The molecule has 5 heteroatoms. The van der Waals surface area contributed by atoms with Gasteiger partial charge < -0.3 is 5.32 Å². The number of fused-ring (bicyclic) bond motifs is 1. The predicted octanol–water partition coefficient (Wildman–Crippen LogP) is 1.82. The summed E-state index contributed by atoms with van der Waals surface area (Å²) in [4.78, 5) is 11.7. The van der Waals surface area contributed by atoms with Gasteiger partial charge in [0.05, 0.1) is 0 Å². The number of carbonyl (C=O) groups is 1. The highest BCUT2D eigenvalue weighted by Crippen LogP contribution is 2.17. The first-order chi connectivity index (χ1) is 8.96. The molecule has 2 aromatic heterocycles. The van der Waals surface area contributed by atoms with Crippen LogP contribution in [0.5, 0.6) is 0 Å². The van der Waals surface area contributed by atoms with E-state index >= 15 is 0 Å². The van der Waals surface area contributed by atoms with Crippen molar-refractivity contribution in [3.63, 3.8) is 0 Å². The first kappa shape index (κ1) is 13.5. The number of rotatable bonds is 4. The van der Waals surface area contributed by atoms with Crippen LogP contribution >= 0.6 is 0 Å². The summed E-state index contributed by atoms with van der Waals surface area (Å²) in [7, 11) is 0. The molecular formula is C14H20N4O. The van der Waals surface area contributed by atoms with Crippen LogP contribution in [0.4, 0.5) is 0 Å². The molecule has 19 heavy (non-hydrogen) atoms. The number of hydrogen-bond acceptors (Lipinski definition) is 3. The molecule has 0 aliphatic heterocycles. The van der Waals surface area contributed by atoms with Crippen molar-refractivity contribution in [3.8, 4) is 0 Å². The minimum Gasteiger partial charge on any atom is -0.356 e. The van der Waals surface area contributed by atoms with E-state index in [4.69, 9.17) is 0 Å². The molecule has 0 fully saturated rings. The molecule has 2 aromatic rings. The van der Waals surface area contributed by atoms with Gasteiger partial charge in [0.1, 0.15) is 5.82 Å². The monoisotopic (exact) mass is 260 g/mol. The number of nitrogens with zero attached hydrogens (tertiary/aromatic N) is 3. The van der Waals surface area contributed by atoms with E-state index in [0.29, 0.717) is 19.4 Å². The topological polar surface area (TPSA) is 59.3 Å². The van der Waals surface area contributed by atoms with Crippen LogP contribution < -0.4 is 5.32 Å². The van der Waals surface area contributed by atoms with Gasteiger partial charge in [-0.3, -0.25) is 9.20 Å². The van der Waals surface area contributed by atoms with Crippen molar-refractivity contribution in [2.24, 2.45) is 5.41 Å². The molecule has 0 unspecified atom stereocenters. The molecule has 2 heterocycles. The van der Waals surface area contributed by atoms with Gasteiger partial charge in [0.25, 0.3) is 0 Å². The molecular weight excluding hydrogens is 240 g/mol. The second-order valence-corrected chi connectivity index (χ2v) is 5.88. The zero-order valence-electron chi connectivity index (χ0n) is 11.7. The Kier molecular flexibility index (Phi) is 3.83.